The lowest BCUT2D eigenvalue weighted by molar-refractivity contribution is -0.143. The minimum absolute atomic E-state index is 0.0124. The summed E-state index contributed by atoms with van der Waals surface area (Å²) in [7, 11) is 0. The molecule has 1 atom stereocenters. The number of hydrogen-bond acceptors (Lipinski definition) is 4. The summed E-state index contributed by atoms with van der Waals surface area (Å²) in [4.78, 5) is 21.1. The molecule has 0 saturated carbocycles. The van der Waals surface area contributed by atoms with Gasteiger partial charge in [-0.05, 0) is 0 Å². The number of hydrogen-bond donors (Lipinski definition) is 1. The molecule has 0 spiro atoms. The maximum atomic E-state index is 11.0. The molecule has 5 heteroatoms. The minimum Gasteiger partial charge on any atom is -0.481 e. The van der Waals surface area contributed by atoms with Gasteiger partial charge in [-0.15, -0.1) is 0 Å². The van der Waals surface area contributed by atoms with Gasteiger partial charge >= 0.3 is 11.9 Å². The molecule has 1 unspecified atom stereocenters. The summed E-state index contributed by atoms with van der Waals surface area (Å²) < 4.78 is 9.50. The fraction of sp³-hybridized carbons (Fsp3) is 0.500. The summed E-state index contributed by atoms with van der Waals surface area (Å²) in [6.07, 6.45) is -0.397. The summed E-state index contributed by atoms with van der Waals surface area (Å²) in [6.45, 7) is 4.07. The summed E-state index contributed by atoms with van der Waals surface area (Å²) in [5, 5.41) is 8.33. The maximum Gasteiger partial charge on any atom is 0.334 e. The summed E-state index contributed by atoms with van der Waals surface area (Å²) in [5.74, 6) is -1.76. The number of esters is 1. The predicted molar refractivity (Wildman–Crippen MR) is 42.1 cm³/mol. The zero-order valence-corrected chi connectivity index (χ0v) is 6.99. The molecule has 0 aromatic heterocycles. The van der Waals surface area contributed by atoms with Crippen LogP contribution in [0, 0.1) is 0 Å². The number of carboxylic acid groups (broad SMARTS) is 1. The normalized spacial score (nSPS) is 19.2. The third-order valence-corrected chi connectivity index (χ3v) is 1.46. The Hall–Kier alpha value is -1.36. The van der Waals surface area contributed by atoms with Crippen molar-refractivity contribution >= 4 is 11.9 Å². The van der Waals surface area contributed by atoms with Crippen molar-refractivity contribution in [3.63, 3.8) is 0 Å². The predicted octanol–water partition coefficient (Wildman–Crippen LogP) is -0.0407. The van der Waals surface area contributed by atoms with Crippen molar-refractivity contribution in [2.45, 2.75) is 12.5 Å². The van der Waals surface area contributed by atoms with Crippen LogP contribution in [0.4, 0.5) is 0 Å². The maximum absolute atomic E-state index is 11.0. The van der Waals surface area contributed by atoms with Crippen LogP contribution in [0.15, 0.2) is 12.2 Å². The molecule has 5 nitrogen and oxygen atoms in total. The van der Waals surface area contributed by atoms with Gasteiger partial charge in [0.25, 0.3) is 0 Å². The van der Waals surface area contributed by atoms with Crippen molar-refractivity contribution in [2.24, 2.45) is 0 Å². The van der Waals surface area contributed by atoms with Gasteiger partial charge in [-0.3, -0.25) is 4.79 Å². The molecule has 1 N–H and O–H groups in total. The fourth-order valence-electron chi connectivity index (χ4n) is 0.690. The van der Waals surface area contributed by atoms with Crippen molar-refractivity contribution in [1.29, 1.82) is 0 Å². The Labute approximate surface area is 74.9 Å². The highest BCUT2D eigenvalue weighted by atomic mass is 16.6. The van der Waals surface area contributed by atoms with E-state index >= 15 is 0 Å². The lowest BCUT2D eigenvalue weighted by Gasteiger charge is -2.02. The Morgan fingerprint density at radius 3 is 2.69 bits per heavy atom. The van der Waals surface area contributed by atoms with E-state index in [1.54, 1.807) is 0 Å². The molecular weight excluding hydrogens is 176 g/mol. The molecular formula is C8H10O5. The van der Waals surface area contributed by atoms with Crippen molar-refractivity contribution in [1.82, 2.24) is 0 Å². The van der Waals surface area contributed by atoms with Crippen LogP contribution in [0.25, 0.3) is 0 Å². The molecule has 13 heavy (non-hydrogen) atoms. The van der Waals surface area contributed by atoms with Crippen LogP contribution >= 0.6 is 0 Å². The Balaban J connectivity index is 2.20. The van der Waals surface area contributed by atoms with Crippen molar-refractivity contribution in [3.8, 4) is 0 Å². The molecule has 0 aromatic rings. The highest BCUT2D eigenvalue weighted by Gasteiger charge is 2.24. The molecule has 0 aliphatic carbocycles. The number of aliphatic carboxylic acids is 1. The molecule has 1 saturated heterocycles. The van der Waals surface area contributed by atoms with E-state index in [9.17, 15) is 9.59 Å². The average Bonchev–Trinajstić information content (AvgIpc) is 2.81. The Morgan fingerprint density at radius 1 is 1.62 bits per heavy atom. The Morgan fingerprint density at radius 2 is 2.23 bits per heavy atom. The van der Waals surface area contributed by atoms with E-state index in [-0.39, 0.29) is 24.7 Å². The molecule has 1 rings (SSSR count). The number of carboxylic acids is 1. The lowest BCUT2D eigenvalue weighted by Crippen LogP contribution is -2.13. The number of carbonyl (C=O) groups excluding carboxylic acids is 1. The van der Waals surface area contributed by atoms with Crippen molar-refractivity contribution < 1.29 is 24.2 Å². The third kappa shape index (κ3) is 3.71. The first-order valence-corrected chi connectivity index (χ1v) is 3.78. The van der Waals surface area contributed by atoms with Crippen LogP contribution in [-0.4, -0.2) is 36.4 Å². The summed E-state index contributed by atoms with van der Waals surface area (Å²) in [6, 6.07) is 0. The minimum atomic E-state index is -1.09. The highest BCUT2D eigenvalue weighted by Crippen LogP contribution is 2.10. The first-order chi connectivity index (χ1) is 6.09. The molecule has 1 aliphatic heterocycles. The topological polar surface area (TPSA) is 76.1 Å². The largest absolute Gasteiger partial charge is 0.481 e. The van der Waals surface area contributed by atoms with Gasteiger partial charge in [0.1, 0.15) is 12.7 Å². The zero-order valence-electron chi connectivity index (χ0n) is 6.99. The van der Waals surface area contributed by atoms with Crippen LogP contribution < -0.4 is 0 Å². The molecule has 1 fully saturated rings. The van der Waals surface area contributed by atoms with Gasteiger partial charge in [0.05, 0.1) is 13.0 Å². The van der Waals surface area contributed by atoms with Gasteiger partial charge < -0.3 is 14.6 Å². The van der Waals surface area contributed by atoms with E-state index in [1.807, 2.05) is 0 Å². The standard InChI is InChI=1S/C8H10O5/c1-5(2-7(9)10)8(11)13-4-6-3-12-6/h6H,1-4H2,(H,9,10). The van der Waals surface area contributed by atoms with Crippen LogP contribution in [-0.2, 0) is 19.1 Å². The van der Waals surface area contributed by atoms with E-state index in [4.69, 9.17) is 14.6 Å². The zero-order chi connectivity index (χ0) is 9.84. The quantitative estimate of drug-likeness (QED) is 0.370. The summed E-state index contributed by atoms with van der Waals surface area (Å²) >= 11 is 0. The average molecular weight is 186 g/mol. The van der Waals surface area contributed by atoms with Crippen molar-refractivity contribution in [2.75, 3.05) is 13.2 Å². The first-order valence-electron chi connectivity index (χ1n) is 3.78. The second kappa shape index (κ2) is 4.04. The number of epoxide rings is 1. The summed E-state index contributed by atoms with van der Waals surface area (Å²) in [5.41, 5.74) is -0.0480. The smallest absolute Gasteiger partial charge is 0.334 e. The van der Waals surface area contributed by atoms with E-state index in [0.29, 0.717) is 6.61 Å². The molecule has 1 aliphatic rings. The molecule has 1 heterocycles. The first kappa shape index (κ1) is 9.73. The van der Waals surface area contributed by atoms with Gasteiger partial charge in [0.15, 0.2) is 0 Å². The molecule has 0 aromatic carbocycles. The van der Waals surface area contributed by atoms with Crippen LogP contribution in [0.5, 0.6) is 0 Å². The Kier molecular flexibility index (Phi) is 3.02. The van der Waals surface area contributed by atoms with Crippen molar-refractivity contribution in [3.05, 3.63) is 12.2 Å². The van der Waals surface area contributed by atoms with Gasteiger partial charge in [-0.25, -0.2) is 4.79 Å². The number of rotatable bonds is 5. The highest BCUT2D eigenvalue weighted by molar-refractivity contribution is 5.92. The van der Waals surface area contributed by atoms with E-state index in [0.717, 1.165) is 0 Å². The van der Waals surface area contributed by atoms with Gasteiger partial charge in [-0.1, -0.05) is 6.58 Å². The fourth-order valence-corrected chi connectivity index (χ4v) is 0.690. The molecule has 0 amide bonds. The van der Waals surface area contributed by atoms with Gasteiger partial charge in [-0.2, -0.15) is 0 Å². The lowest BCUT2D eigenvalue weighted by atomic mass is 10.2. The number of carbonyl (C=O) groups is 2. The van der Waals surface area contributed by atoms with Gasteiger partial charge in [0, 0.05) is 5.57 Å². The van der Waals surface area contributed by atoms with E-state index in [1.165, 1.54) is 0 Å². The van der Waals surface area contributed by atoms with E-state index < -0.39 is 11.9 Å². The third-order valence-electron chi connectivity index (χ3n) is 1.46. The second-order valence-electron chi connectivity index (χ2n) is 2.73. The monoisotopic (exact) mass is 186 g/mol. The second-order valence-corrected chi connectivity index (χ2v) is 2.73. The Bertz CT molecular complexity index is 241. The van der Waals surface area contributed by atoms with Crippen LogP contribution in [0.1, 0.15) is 6.42 Å². The molecule has 72 valence electrons. The number of ether oxygens (including phenoxy) is 2. The van der Waals surface area contributed by atoms with Crippen LogP contribution in [0.2, 0.25) is 0 Å². The van der Waals surface area contributed by atoms with Crippen LogP contribution in [0.3, 0.4) is 0 Å². The van der Waals surface area contributed by atoms with Gasteiger partial charge in [0.2, 0.25) is 0 Å². The SMILES string of the molecule is C=C(CC(=O)O)C(=O)OCC1CO1. The van der Waals surface area contributed by atoms with E-state index in [2.05, 4.69) is 6.58 Å². The molecule has 0 radical (unpaired) electrons. The molecule has 0 bridgehead atoms.